The fourth-order valence-electron chi connectivity index (χ4n) is 1.28. The molecule has 2 radical (unpaired) electrons. The van der Waals surface area contributed by atoms with Crippen LogP contribution in [0.3, 0.4) is 0 Å². The van der Waals surface area contributed by atoms with E-state index in [-0.39, 0.29) is 5.60 Å². The number of hydrogen-bond acceptors (Lipinski definition) is 4. The largest absolute Gasteiger partial charge is 0.404 e. The Hall–Kier alpha value is -1.43. The molecule has 0 amide bonds. The Bertz CT molecular complexity index is 294. The molecule has 0 spiro atoms. The smallest absolute Gasteiger partial charge is 0.150 e. The molecule has 0 bridgehead atoms. The van der Waals surface area contributed by atoms with Crippen molar-refractivity contribution in [1.29, 1.82) is 0 Å². The molecule has 1 fully saturated rings. The predicted octanol–water partition coefficient (Wildman–Crippen LogP) is -0.884. The maximum atomic E-state index is 5.64. The molecule has 80 valence electrons. The van der Waals surface area contributed by atoms with Crippen LogP contribution in [0.5, 0.6) is 0 Å². The standard InChI is InChI=1S/C9H15BN4O/c1-7(12)9(13-8(10)6-11)14-2-4-15-5-3-14/h6H,1-5,11-12H2/b8-6-,13-9?. The molecule has 15 heavy (non-hydrogen) atoms. The molecular weight excluding hydrogens is 191 g/mol. The van der Waals surface area contributed by atoms with Crippen LogP contribution in [0.2, 0.25) is 0 Å². The van der Waals surface area contributed by atoms with Gasteiger partial charge < -0.3 is 21.1 Å². The molecule has 1 aliphatic rings. The van der Waals surface area contributed by atoms with Gasteiger partial charge in [0.25, 0.3) is 0 Å². The summed E-state index contributed by atoms with van der Waals surface area (Å²) in [6, 6.07) is 0. The minimum Gasteiger partial charge on any atom is -0.404 e. The maximum Gasteiger partial charge on any atom is 0.150 e. The number of amidine groups is 1. The lowest BCUT2D eigenvalue weighted by molar-refractivity contribution is 0.0682. The van der Waals surface area contributed by atoms with Gasteiger partial charge in [0.2, 0.25) is 0 Å². The number of hydrogen-bond donors (Lipinski definition) is 2. The van der Waals surface area contributed by atoms with E-state index >= 15 is 0 Å². The molecule has 1 aliphatic heterocycles. The van der Waals surface area contributed by atoms with Crippen molar-refractivity contribution in [2.45, 2.75) is 0 Å². The molecular formula is C9H15BN4O. The molecule has 0 aromatic heterocycles. The number of nitrogens with zero attached hydrogens (tertiary/aromatic N) is 2. The Morgan fingerprint density at radius 2 is 2.07 bits per heavy atom. The summed E-state index contributed by atoms with van der Waals surface area (Å²) in [5, 5.41) is 0. The first-order valence-electron chi connectivity index (χ1n) is 4.68. The van der Waals surface area contributed by atoms with Gasteiger partial charge in [0.05, 0.1) is 18.9 Å². The van der Waals surface area contributed by atoms with Gasteiger partial charge in [-0.25, -0.2) is 4.99 Å². The van der Waals surface area contributed by atoms with E-state index in [4.69, 9.17) is 24.1 Å². The molecule has 1 rings (SSSR count). The first kappa shape index (κ1) is 11.6. The van der Waals surface area contributed by atoms with Crippen LogP contribution in [0.4, 0.5) is 0 Å². The Labute approximate surface area is 90.9 Å². The summed E-state index contributed by atoms with van der Waals surface area (Å²) in [6.45, 7) is 6.42. The highest BCUT2D eigenvalue weighted by molar-refractivity contribution is 6.22. The van der Waals surface area contributed by atoms with E-state index in [9.17, 15) is 0 Å². The van der Waals surface area contributed by atoms with Gasteiger partial charge in [0.15, 0.2) is 5.84 Å². The molecule has 0 saturated carbocycles. The third-order valence-corrected chi connectivity index (χ3v) is 2.00. The third-order valence-electron chi connectivity index (χ3n) is 2.00. The van der Waals surface area contributed by atoms with Crippen molar-refractivity contribution in [2.75, 3.05) is 26.3 Å². The molecule has 1 heterocycles. The van der Waals surface area contributed by atoms with Crippen LogP contribution in [0.15, 0.2) is 29.1 Å². The Kier molecular flexibility index (Phi) is 4.24. The maximum absolute atomic E-state index is 5.64. The van der Waals surface area contributed by atoms with Gasteiger partial charge >= 0.3 is 0 Å². The minimum atomic E-state index is 0.225. The molecule has 0 unspecified atom stereocenters. The van der Waals surface area contributed by atoms with E-state index in [0.717, 1.165) is 13.1 Å². The van der Waals surface area contributed by atoms with Gasteiger partial charge in [-0.3, -0.25) is 0 Å². The fraction of sp³-hybridized carbons (Fsp3) is 0.444. The number of rotatable bonds is 2. The number of nitrogens with two attached hydrogens (primary N) is 2. The van der Waals surface area contributed by atoms with Crippen molar-refractivity contribution in [2.24, 2.45) is 16.5 Å². The lowest BCUT2D eigenvalue weighted by Gasteiger charge is -2.29. The molecule has 0 aromatic carbocycles. The second kappa shape index (κ2) is 5.45. The van der Waals surface area contributed by atoms with Crippen LogP contribution in [-0.2, 0) is 4.74 Å². The topological polar surface area (TPSA) is 76.9 Å². The van der Waals surface area contributed by atoms with E-state index in [2.05, 4.69) is 11.6 Å². The fourth-order valence-corrected chi connectivity index (χ4v) is 1.28. The summed E-state index contributed by atoms with van der Waals surface area (Å²) in [5.74, 6) is 0.567. The van der Waals surface area contributed by atoms with Crippen LogP contribution in [0.25, 0.3) is 0 Å². The van der Waals surface area contributed by atoms with E-state index in [1.807, 2.05) is 4.90 Å². The van der Waals surface area contributed by atoms with E-state index in [1.54, 1.807) is 0 Å². The highest BCUT2D eigenvalue weighted by Crippen LogP contribution is 2.04. The Morgan fingerprint density at radius 1 is 1.47 bits per heavy atom. The van der Waals surface area contributed by atoms with E-state index in [0.29, 0.717) is 24.7 Å². The van der Waals surface area contributed by atoms with Gasteiger partial charge in [0.1, 0.15) is 7.85 Å². The first-order chi connectivity index (χ1) is 7.15. The van der Waals surface area contributed by atoms with Gasteiger partial charge in [-0.1, -0.05) is 6.58 Å². The van der Waals surface area contributed by atoms with Crippen molar-refractivity contribution in [3.05, 3.63) is 24.1 Å². The summed E-state index contributed by atoms with van der Waals surface area (Å²) < 4.78 is 5.22. The molecule has 6 heteroatoms. The van der Waals surface area contributed by atoms with E-state index in [1.165, 1.54) is 6.20 Å². The summed E-state index contributed by atoms with van der Waals surface area (Å²) >= 11 is 0. The van der Waals surface area contributed by atoms with Crippen LogP contribution < -0.4 is 11.5 Å². The first-order valence-corrected chi connectivity index (χ1v) is 4.68. The average molecular weight is 206 g/mol. The lowest BCUT2D eigenvalue weighted by atomic mass is 10.1. The second-order valence-corrected chi connectivity index (χ2v) is 3.15. The number of morpholine rings is 1. The van der Waals surface area contributed by atoms with Crippen LogP contribution in [0, 0.1) is 0 Å². The molecule has 0 aromatic rings. The zero-order valence-electron chi connectivity index (χ0n) is 8.65. The summed E-state index contributed by atoms with van der Waals surface area (Å²) in [6.07, 6.45) is 1.23. The Balaban J connectivity index is 2.81. The van der Waals surface area contributed by atoms with Crippen LogP contribution >= 0.6 is 0 Å². The van der Waals surface area contributed by atoms with E-state index < -0.39 is 0 Å². The second-order valence-electron chi connectivity index (χ2n) is 3.15. The zero-order chi connectivity index (χ0) is 11.3. The number of ether oxygens (including phenoxy) is 1. The van der Waals surface area contributed by atoms with Crippen molar-refractivity contribution in [3.63, 3.8) is 0 Å². The highest BCUT2D eigenvalue weighted by atomic mass is 16.5. The van der Waals surface area contributed by atoms with Crippen molar-refractivity contribution < 1.29 is 4.74 Å². The van der Waals surface area contributed by atoms with Crippen molar-refractivity contribution >= 4 is 13.7 Å². The molecule has 0 atom stereocenters. The molecule has 4 N–H and O–H groups in total. The number of aliphatic imine (C=N–C) groups is 1. The lowest BCUT2D eigenvalue weighted by Crippen LogP contribution is -2.42. The summed E-state index contributed by atoms with van der Waals surface area (Å²) in [5.41, 5.74) is 11.5. The summed E-state index contributed by atoms with van der Waals surface area (Å²) in [4.78, 5) is 6.07. The Morgan fingerprint density at radius 3 is 2.53 bits per heavy atom. The van der Waals surface area contributed by atoms with Gasteiger partial charge in [-0.15, -0.1) is 0 Å². The van der Waals surface area contributed by atoms with Gasteiger partial charge in [-0.05, 0) is 0 Å². The van der Waals surface area contributed by atoms with Gasteiger partial charge in [-0.2, -0.15) is 0 Å². The van der Waals surface area contributed by atoms with Crippen molar-refractivity contribution in [3.8, 4) is 0 Å². The van der Waals surface area contributed by atoms with Crippen LogP contribution in [0.1, 0.15) is 0 Å². The zero-order valence-corrected chi connectivity index (χ0v) is 8.65. The van der Waals surface area contributed by atoms with Crippen molar-refractivity contribution in [1.82, 2.24) is 4.90 Å². The minimum absolute atomic E-state index is 0.225. The third kappa shape index (κ3) is 3.32. The summed E-state index contributed by atoms with van der Waals surface area (Å²) in [7, 11) is 5.51. The molecule has 1 saturated heterocycles. The molecule has 0 aliphatic carbocycles. The monoisotopic (exact) mass is 206 g/mol. The predicted molar refractivity (Wildman–Crippen MR) is 61.2 cm³/mol. The molecule has 5 nitrogen and oxygen atoms in total. The quantitative estimate of drug-likeness (QED) is 0.349. The van der Waals surface area contributed by atoms with Gasteiger partial charge in [0, 0.05) is 24.9 Å². The normalized spacial score (nSPS) is 19.1. The SMILES string of the molecule is [B]/C(=C/N)N=C(C(=C)N)N1CCOCC1. The average Bonchev–Trinajstić information content (AvgIpc) is 2.26. The van der Waals surface area contributed by atoms with Crippen LogP contribution in [-0.4, -0.2) is 44.9 Å². The highest BCUT2D eigenvalue weighted by Gasteiger charge is 2.15.